The number of anilines is 1. The maximum Gasteiger partial charge on any atom is 0.262 e. The van der Waals surface area contributed by atoms with Crippen LogP contribution in [0.3, 0.4) is 0 Å². The number of nitrogens with zero attached hydrogens (tertiary/aromatic N) is 1. The van der Waals surface area contributed by atoms with Gasteiger partial charge in [-0.2, -0.15) is 0 Å². The van der Waals surface area contributed by atoms with Gasteiger partial charge in [0.25, 0.3) is 5.91 Å². The van der Waals surface area contributed by atoms with Gasteiger partial charge in [0, 0.05) is 30.3 Å². The van der Waals surface area contributed by atoms with Crippen LogP contribution in [-0.2, 0) is 16.1 Å². The zero-order chi connectivity index (χ0) is 18.4. The Labute approximate surface area is 162 Å². The number of amides is 1. The van der Waals surface area contributed by atoms with Gasteiger partial charge < -0.3 is 14.8 Å². The normalized spacial score (nSPS) is 14.8. The molecule has 1 N–H and O–H groups in total. The molecular formula is C19H20Cl2N2O3. The van der Waals surface area contributed by atoms with E-state index in [2.05, 4.69) is 10.2 Å². The average Bonchev–Trinajstić information content (AvgIpc) is 2.63. The van der Waals surface area contributed by atoms with Gasteiger partial charge >= 0.3 is 0 Å². The van der Waals surface area contributed by atoms with Gasteiger partial charge in [0.1, 0.15) is 5.75 Å². The van der Waals surface area contributed by atoms with Crippen molar-refractivity contribution in [1.29, 1.82) is 0 Å². The molecule has 1 heterocycles. The molecule has 2 aromatic rings. The number of para-hydroxylation sites is 1. The summed E-state index contributed by atoms with van der Waals surface area (Å²) in [6, 6.07) is 12.7. The van der Waals surface area contributed by atoms with Crippen LogP contribution in [-0.4, -0.2) is 43.7 Å². The van der Waals surface area contributed by atoms with Crippen molar-refractivity contribution < 1.29 is 14.3 Å². The number of benzene rings is 2. The molecule has 2 aromatic carbocycles. The molecule has 26 heavy (non-hydrogen) atoms. The Kier molecular flexibility index (Phi) is 6.74. The van der Waals surface area contributed by atoms with E-state index in [1.807, 2.05) is 24.3 Å². The summed E-state index contributed by atoms with van der Waals surface area (Å²) < 4.78 is 10.9. The summed E-state index contributed by atoms with van der Waals surface area (Å²) in [5.41, 5.74) is 1.85. The molecule has 0 aromatic heterocycles. The summed E-state index contributed by atoms with van der Waals surface area (Å²) in [6.07, 6.45) is 0. The number of nitrogens with one attached hydrogen (secondary N) is 1. The van der Waals surface area contributed by atoms with E-state index in [0.717, 1.165) is 44.1 Å². The average molecular weight is 395 g/mol. The second-order valence-electron chi connectivity index (χ2n) is 5.96. The maximum atomic E-state index is 12.3. The van der Waals surface area contributed by atoms with Crippen molar-refractivity contribution >= 4 is 34.8 Å². The molecule has 0 spiro atoms. The van der Waals surface area contributed by atoms with Gasteiger partial charge in [0.2, 0.25) is 0 Å². The van der Waals surface area contributed by atoms with Crippen LogP contribution in [0.4, 0.5) is 5.69 Å². The lowest BCUT2D eigenvalue weighted by Crippen LogP contribution is -2.36. The molecule has 0 bridgehead atoms. The predicted octanol–water partition coefficient (Wildman–Crippen LogP) is 3.84. The second kappa shape index (κ2) is 9.24. The Bertz CT molecular complexity index is 764. The molecule has 0 aliphatic carbocycles. The molecule has 0 saturated carbocycles. The minimum atomic E-state index is -0.245. The van der Waals surface area contributed by atoms with Crippen LogP contribution in [0.1, 0.15) is 5.56 Å². The molecule has 7 heteroatoms. The standard InChI is InChI=1S/C19H20Cl2N2O3/c20-15-5-6-18(16(21)11-15)26-13-19(24)22-17-4-2-1-3-14(17)12-23-7-9-25-10-8-23/h1-6,11H,7-10,12-13H2,(H,22,24). The topological polar surface area (TPSA) is 50.8 Å². The molecular weight excluding hydrogens is 375 g/mol. The lowest BCUT2D eigenvalue weighted by Gasteiger charge is -2.27. The highest BCUT2D eigenvalue weighted by Crippen LogP contribution is 2.27. The summed E-state index contributed by atoms with van der Waals surface area (Å²) >= 11 is 11.9. The Balaban J connectivity index is 1.58. The smallest absolute Gasteiger partial charge is 0.262 e. The highest BCUT2D eigenvalue weighted by atomic mass is 35.5. The van der Waals surface area contributed by atoms with Crippen LogP contribution in [0.2, 0.25) is 10.0 Å². The summed E-state index contributed by atoms with van der Waals surface area (Å²) in [6.45, 7) is 3.90. The molecule has 1 saturated heterocycles. The molecule has 1 amide bonds. The third kappa shape index (κ3) is 5.35. The van der Waals surface area contributed by atoms with E-state index < -0.39 is 0 Å². The Hall–Kier alpha value is -1.79. The maximum absolute atomic E-state index is 12.3. The second-order valence-corrected chi connectivity index (χ2v) is 6.80. The number of hydrogen-bond acceptors (Lipinski definition) is 4. The fourth-order valence-corrected chi connectivity index (χ4v) is 3.17. The Morgan fingerprint density at radius 3 is 2.69 bits per heavy atom. The van der Waals surface area contributed by atoms with Crippen LogP contribution >= 0.6 is 23.2 Å². The molecule has 1 aliphatic heterocycles. The number of hydrogen-bond donors (Lipinski definition) is 1. The zero-order valence-corrected chi connectivity index (χ0v) is 15.7. The molecule has 3 rings (SSSR count). The van der Waals surface area contributed by atoms with E-state index in [-0.39, 0.29) is 12.5 Å². The van der Waals surface area contributed by atoms with Gasteiger partial charge in [-0.3, -0.25) is 9.69 Å². The lowest BCUT2D eigenvalue weighted by atomic mass is 10.1. The number of morpholine rings is 1. The van der Waals surface area contributed by atoms with Gasteiger partial charge in [0.15, 0.2) is 6.61 Å². The van der Waals surface area contributed by atoms with E-state index in [9.17, 15) is 4.79 Å². The fourth-order valence-electron chi connectivity index (χ4n) is 2.70. The van der Waals surface area contributed by atoms with Crippen molar-refractivity contribution in [1.82, 2.24) is 4.90 Å². The van der Waals surface area contributed by atoms with Crippen molar-refractivity contribution in [3.8, 4) is 5.75 Å². The first kappa shape index (κ1) is 19.0. The monoisotopic (exact) mass is 394 g/mol. The van der Waals surface area contributed by atoms with E-state index in [0.29, 0.717) is 15.8 Å². The lowest BCUT2D eigenvalue weighted by molar-refractivity contribution is -0.118. The number of carbonyl (C=O) groups excluding carboxylic acids is 1. The minimum absolute atomic E-state index is 0.132. The first-order valence-corrected chi connectivity index (χ1v) is 9.13. The summed E-state index contributed by atoms with van der Waals surface area (Å²) in [5, 5.41) is 3.80. The van der Waals surface area contributed by atoms with E-state index >= 15 is 0 Å². The Morgan fingerprint density at radius 2 is 1.92 bits per heavy atom. The molecule has 5 nitrogen and oxygen atoms in total. The molecule has 0 radical (unpaired) electrons. The third-order valence-corrected chi connectivity index (χ3v) is 4.57. The first-order chi connectivity index (χ1) is 12.6. The van der Waals surface area contributed by atoms with Gasteiger partial charge in [-0.05, 0) is 29.8 Å². The zero-order valence-electron chi connectivity index (χ0n) is 14.2. The van der Waals surface area contributed by atoms with Crippen LogP contribution in [0.15, 0.2) is 42.5 Å². The van der Waals surface area contributed by atoms with Crippen LogP contribution in [0.5, 0.6) is 5.75 Å². The minimum Gasteiger partial charge on any atom is -0.482 e. The highest BCUT2D eigenvalue weighted by molar-refractivity contribution is 6.35. The van der Waals surface area contributed by atoms with E-state index in [1.165, 1.54) is 0 Å². The SMILES string of the molecule is O=C(COc1ccc(Cl)cc1Cl)Nc1ccccc1CN1CCOCC1. The number of ether oxygens (including phenoxy) is 2. The largest absolute Gasteiger partial charge is 0.482 e. The van der Waals surface area contributed by atoms with Gasteiger partial charge in [0.05, 0.1) is 18.2 Å². The van der Waals surface area contributed by atoms with Crippen LogP contribution < -0.4 is 10.1 Å². The summed E-state index contributed by atoms with van der Waals surface area (Å²) in [7, 11) is 0. The molecule has 138 valence electrons. The quantitative estimate of drug-likeness (QED) is 0.808. The molecule has 1 fully saturated rings. The van der Waals surface area contributed by atoms with Gasteiger partial charge in [-0.15, -0.1) is 0 Å². The fraction of sp³-hybridized carbons (Fsp3) is 0.316. The van der Waals surface area contributed by atoms with E-state index in [1.54, 1.807) is 18.2 Å². The van der Waals surface area contributed by atoms with Crippen LogP contribution in [0, 0.1) is 0 Å². The van der Waals surface area contributed by atoms with Crippen molar-refractivity contribution in [2.45, 2.75) is 6.54 Å². The molecule has 0 atom stereocenters. The number of halogens is 2. The summed E-state index contributed by atoms with van der Waals surface area (Å²) in [4.78, 5) is 14.6. The van der Waals surface area contributed by atoms with Gasteiger partial charge in [-0.25, -0.2) is 0 Å². The third-order valence-electron chi connectivity index (χ3n) is 4.04. The molecule has 1 aliphatic rings. The van der Waals surface area contributed by atoms with Crippen molar-refractivity contribution in [3.05, 3.63) is 58.1 Å². The first-order valence-electron chi connectivity index (χ1n) is 8.37. The number of carbonyl (C=O) groups is 1. The predicted molar refractivity (Wildman–Crippen MR) is 103 cm³/mol. The highest BCUT2D eigenvalue weighted by Gasteiger charge is 2.14. The number of rotatable bonds is 6. The van der Waals surface area contributed by atoms with Crippen molar-refractivity contribution in [2.75, 3.05) is 38.2 Å². The van der Waals surface area contributed by atoms with Crippen LogP contribution in [0.25, 0.3) is 0 Å². The van der Waals surface area contributed by atoms with E-state index in [4.69, 9.17) is 32.7 Å². The van der Waals surface area contributed by atoms with Crippen molar-refractivity contribution in [3.63, 3.8) is 0 Å². The van der Waals surface area contributed by atoms with Crippen molar-refractivity contribution in [2.24, 2.45) is 0 Å². The molecule has 0 unspecified atom stereocenters. The van der Waals surface area contributed by atoms with Gasteiger partial charge in [-0.1, -0.05) is 41.4 Å². The Morgan fingerprint density at radius 1 is 1.15 bits per heavy atom. The summed E-state index contributed by atoms with van der Waals surface area (Å²) in [5.74, 6) is 0.179.